The standard InChI is InChI=1S/C9H13N3O3/c1-9(2-3-15-5-9)8-10-6(11-12-8)4-7(13)14/h2-5H2,1H3,(H,13,14)(H,10,11,12). The number of aromatic amines is 1. The average molecular weight is 211 g/mol. The monoisotopic (exact) mass is 211 g/mol. The maximum Gasteiger partial charge on any atom is 0.311 e. The summed E-state index contributed by atoms with van der Waals surface area (Å²) in [5.41, 5.74) is -0.173. The zero-order valence-corrected chi connectivity index (χ0v) is 8.49. The summed E-state index contributed by atoms with van der Waals surface area (Å²) in [7, 11) is 0. The zero-order chi connectivity index (χ0) is 10.9. The van der Waals surface area contributed by atoms with Crippen LogP contribution in [0.1, 0.15) is 25.0 Å². The van der Waals surface area contributed by atoms with E-state index in [1.54, 1.807) is 0 Å². The summed E-state index contributed by atoms with van der Waals surface area (Å²) in [6, 6.07) is 0. The number of rotatable bonds is 3. The van der Waals surface area contributed by atoms with Crippen molar-refractivity contribution in [3.05, 3.63) is 11.6 Å². The first-order valence-corrected chi connectivity index (χ1v) is 4.81. The molecule has 0 spiro atoms. The van der Waals surface area contributed by atoms with Gasteiger partial charge in [-0.3, -0.25) is 9.89 Å². The molecule has 1 aliphatic rings. The number of nitrogens with zero attached hydrogens (tertiary/aromatic N) is 2. The summed E-state index contributed by atoms with van der Waals surface area (Å²) >= 11 is 0. The molecule has 15 heavy (non-hydrogen) atoms. The minimum Gasteiger partial charge on any atom is -0.481 e. The molecule has 82 valence electrons. The van der Waals surface area contributed by atoms with Crippen LogP contribution in [0.2, 0.25) is 0 Å². The summed E-state index contributed by atoms with van der Waals surface area (Å²) < 4.78 is 5.29. The lowest BCUT2D eigenvalue weighted by atomic mass is 9.89. The van der Waals surface area contributed by atoms with Gasteiger partial charge >= 0.3 is 5.97 Å². The van der Waals surface area contributed by atoms with Crippen LogP contribution in [0.25, 0.3) is 0 Å². The van der Waals surface area contributed by atoms with Gasteiger partial charge in [0.15, 0.2) is 5.82 Å². The van der Waals surface area contributed by atoms with Crippen LogP contribution in [-0.4, -0.2) is 39.5 Å². The van der Waals surface area contributed by atoms with Gasteiger partial charge < -0.3 is 9.84 Å². The molecule has 0 aromatic carbocycles. The predicted octanol–water partition coefficient (Wildman–Crippen LogP) is 0.110. The van der Waals surface area contributed by atoms with Crippen molar-refractivity contribution in [3.8, 4) is 0 Å². The summed E-state index contributed by atoms with van der Waals surface area (Å²) in [5.74, 6) is 0.132. The first-order chi connectivity index (χ1) is 7.10. The minimum atomic E-state index is -0.912. The number of carboxylic acid groups (broad SMARTS) is 1. The molecule has 2 rings (SSSR count). The fourth-order valence-corrected chi connectivity index (χ4v) is 1.63. The maximum absolute atomic E-state index is 10.5. The second-order valence-corrected chi connectivity index (χ2v) is 4.04. The highest BCUT2D eigenvalue weighted by molar-refractivity contribution is 5.68. The van der Waals surface area contributed by atoms with Crippen LogP contribution in [0.4, 0.5) is 0 Å². The van der Waals surface area contributed by atoms with Gasteiger partial charge in [0.25, 0.3) is 0 Å². The van der Waals surface area contributed by atoms with Gasteiger partial charge in [-0.15, -0.1) is 0 Å². The highest BCUT2D eigenvalue weighted by atomic mass is 16.5. The lowest BCUT2D eigenvalue weighted by molar-refractivity contribution is -0.136. The van der Waals surface area contributed by atoms with E-state index < -0.39 is 5.97 Å². The molecule has 0 amide bonds. The Morgan fingerprint density at radius 1 is 1.73 bits per heavy atom. The molecular formula is C9H13N3O3. The summed E-state index contributed by atoms with van der Waals surface area (Å²) in [5, 5.41) is 15.3. The van der Waals surface area contributed by atoms with Gasteiger partial charge in [0.1, 0.15) is 12.2 Å². The Kier molecular flexibility index (Phi) is 2.44. The summed E-state index contributed by atoms with van der Waals surface area (Å²) in [6.07, 6.45) is 0.751. The highest BCUT2D eigenvalue weighted by Gasteiger charge is 2.35. The maximum atomic E-state index is 10.5. The molecule has 1 unspecified atom stereocenters. The molecule has 1 fully saturated rings. The Labute approximate surface area is 86.7 Å². The van der Waals surface area contributed by atoms with Crippen molar-refractivity contribution in [2.24, 2.45) is 0 Å². The number of H-pyrrole nitrogens is 1. The first kappa shape index (κ1) is 10.1. The van der Waals surface area contributed by atoms with Crippen LogP contribution >= 0.6 is 0 Å². The number of aliphatic carboxylic acids is 1. The van der Waals surface area contributed by atoms with Gasteiger partial charge in [0.2, 0.25) is 0 Å². The van der Waals surface area contributed by atoms with E-state index in [-0.39, 0.29) is 11.8 Å². The quantitative estimate of drug-likeness (QED) is 0.740. The predicted molar refractivity (Wildman–Crippen MR) is 50.5 cm³/mol. The van der Waals surface area contributed by atoms with Crippen molar-refractivity contribution in [3.63, 3.8) is 0 Å². The fourth-order valence-electron chi connectivity index (χ4n) is 1.63. The molecule has 1 aliphatic heterocycles. The van der Waals surface area contributed by atoms with E-state index in [9.17, 15) is 4.79 Å². The van der Waals surface area contributed by atoms with E-state index in [4.69, 9.17) is 9.84 Å². The average Bonchev–Trinajstić information content (AvgIpc) is 2.74. The Balaban J connectivity index is 2.15. The van der Waals surface area contributed by atoms with E-state index in [1.165, 1.54) is 0 Å². The number of carbonyl (C=O) groups is 1. The molecule has 2 heterocycles. The first-order valence-electron chi connectivity index (χ1n) is 4.81. The molecule has 1 saturated heterocycles. The van der Waals surface area contributed by atoms with Crippen molar-refractivity contribution >= 4 is 5.97 Å². The molecule has 1 aromatic rings. The van der Waals surface area contributed by atoms with Gasteiger partial charge in [0, 0.05) is 6.61 Å². The van der Waals surface area contributed by atoms with E-state index in [2.05, 4.69) is 15.2 Å². The smallest absolute Gasteiger partial charge is 0.311 e. The normalized spacial score (nSPS) is 25.7. The minimum absolute atomic E-state index is 0.121. The third-order valence-electron chi connectivity index (χ3n) is 2.61. The zero-order valence-electron chi connectivity index (χ0n) is 8.49. The number of nitrogens with one attached hydrogen (secondary N) is 1. The van der Waals surface area contributed by atoms with Crippen LogP contribution in [0.5, 0.6) is 0 Å². The second kappa shape index (κ2) is 3.62. The Morgan fingerprint density at radius 2 is 2.53 bits per heavy atom. The number of aromatic nitrogens is 3. The van der Waals surface area contributed by atoms with Gasteiger partial charge in [0.05, 0.1) is 12.0 Å². The number of hydrogen-bond donors (Lipinski definition) is 2. The van der Waals surface area contributed by atoms with Crippen LogP contribution in [0.3, 0.4) is 0 Å². The molecular weight excluding hydrogens is 198 g/mol. The third kappa shape index (κ3) is 1.99. The number of hydrogen-bond acceptors (Lipinski definition) is 4. The van der Waals surface area contributed by atoms with Crippen LogP contribution in [0, 0.1) is 0 Å². The van der Waals surface area contributed by atoms with Crippen LogP contribution < -0.4 is 0 Å². The Hall–Kier alpha value is -1.43. The molecule has 6 nitrogen and oxygen atoms in total. The van der Waals surface area contributed by atoms with Crippen molar-refractivity contribution in [2.75, 3.05) is 13.2 Å². The van der Waals surface area contributed by atoms with E-state index >= 15 is 0 Å². The summed E-state index contributed by atoms with van der Waals surface area (Å²) in [6.45, 7) is 3.32. The molecule has 1 aromatic heterocycles. The van der Waals surface area contributed by atoms with Gasteiger partial charge in [-0.1, -0.05) is 6.92 Å². The topological polar surface area (TPSA) is 88.1 Å². The van der Waals surface area contributed by atoms with Crippen molar-refractivity contribution in [1.29, 1.82) is 0 Å². The van der Waals surface area contributed by atoms with E-state index in [0.717, 1.165) is 6.42 Å². The summed E-state index contributed by atoms with van der Waals surface area (Å²) in [4.78, 5) is 14.6. The Morgan fingerprint density at radius 3 is 3.13 bits per heavy atom. The van der Waals surface area contributed by atoms with Crippen molar-refractivity contribution in [1.82, 2.24) is 15.2 Å². The van der Waals surface area contributed by atoms with Crippen molar-refractivity contribution < 1.29 is 14.6 Å². The van der Waals surface area contributed by atoms with Crippen LogP contribution in [-0.2, 0) is 21.4 Å². The molecule has 0 aliphatic carbocycles. The SMILES string of the molecule is CC1(c2n[nH]c(CC(=O)O)n2)CCOC1. The highest BCUT2D eigenvalue weighted by Crippen LogP contribution is 2.29. The number of ether oxygens (including phenoxy) is 1. The molecule has 2 N–H and O–H groups in total. The molecule has 6 heteroatoms. The van der Waals surface area contributed by atoms with E-state index in [0.29, 0.717) is 24.9 Å². The number of carboxylic acids is 1. The van der Waals surface area contributed by atoms with Crippen LogP contribution in [0.15, 0.2) is 0 Å². The molecule has 0 radical (unpaired) electrons. The lowest BCUT2D eigenvalue weighted by Gasteiger charge is -2.16. The molecule has 0 bridgehead atoms. The Bertz CT molecular complexity index is 368. The molecule has 0 saturated carbocycles. The molecule has 1 atom stereocenters. The lowest BCUT2D eigenvalue weighted by Crippen LogP contribution is -2.23. The second-order valence-electron chi connectivity index (χ2n) is 4.04. The van der Waals surface area contributed by atoms with Gasteiger partial charge in [-0.25, -0.2) is 4.98 Å². The van der Waals surface area contributed by atoms with Gasteiger partial charge in [-0.05, 0) is 6.42 Å². The largest absolute Gasteiger partial charge is 0.481 e. The van der Waals surface area contributed by atoms with E-state index in [1.807, 2.05) is 6.92 Å². The third-order valence-corrected chi connectivity index (χ3v) is 2.61. The fraction of sp³-hybridized carbons (Fsp3) is 0.667. The van der Waals surface area contributed by atoms with Gasteiger partial charge in [-0.2, -0.15) is 5.10 Å². The van der Waals surface area contributed by atoms with Crippen molar-refractivity contribution in [2.45, 2.75) is 25.2 Å².